The Morgan fingerprint density at radius 2 is 2.05 bits per heavy atom. The molecule has 0 unspecified atom stereocenters. The smallest absolute Gasteiger partial charge is 0.273 e. The monoisotopic (exact) mass is 286 g/mol. The summed E-state index contributed by atoms with van der Waals surface area (Å²) in [7, 11) is 0. The van der Waals surface area contributed by atoms with E-state index in [2.05, 4.69) is 9.97 Å². The number of aromatic nitrogens is 2. The number of aromatic hydroxyl groups is 1. The van der Waals surface area contributed by atoms with Gasteiger partial charge in [0.25, 0.3) is 5.69 Å². The first-order chi connectivity index (χ1) is 9.85. The number of rotatable bonds is 2. The van der Waals surface area contributed by atoms with Gasteiger partial charge in [-0.3, -0.25) is 10.1 Å². The minimum absolute atomic E-state index is 0.00958. The van der Waals surface area contributed by atoms with Crippen molar-refractivity contribution in [1.29, 1.82) is 5.26 Å². The van der Waals surface area contributed by atoms with E-state index >= 15 is 0 Å². The van der Waals surface area contributed by atoms with Crippen LogP contribution in [-0.2, 0) is 0 Å². The highest BCUT2D eigenvalue weighted by atomic mass is 16.6. The Balaban J connectivity index is 2.82. The number of hydrogen-bond acceptors (Lipinski definition) is 8. The standard InChI is InChI=1S/C12H10N6O3/c1-5-2-9(19)6(3-8(5)18(20)21)10-7(4-13)11(14)17-12(15)16-10/h2-3,19H,1H3,(H4,14,15,16,17). The van der Waals surface area contributed by atoms with Crippen molar-refractivity contribution in [3.05, 3.63) is 33.4 Å². The molecule has 1 aromatic carbocycles. The number of phenols is 1. The van der Waals surface area contributed by atoms with Crippen molar-refractivity contribution in [2.75, 3.05) is 11.5 Å². The molecule has 1 aromatic heterocycles. The molecule has 5 N–H and O–H groups in total. The van der Waals surface area contributed by atoms with Crippen LogP contribution in [0.3, 0.4) is 0 Å². The molecule has 0 saturated heterocycles. The topological polar surface area (TPSA) is 165 Å². The molecule has 0 bridgehead atoms. The van der Waals surface area contributed by atoms with Crippen molar-refractivity contribution in [3.63, 3.8) is 0 Å². The Labute approximate surface area is 118 Å². The van der Waals surface area contributed by atoms with E-state index in [0.29, 0.717) is 0 Å². The molecule has 0 radical (unpaired) electrons. The molecule has 0 fully saturated rings. The lowest BCUT2D eigenvalue weighted by Gasteiger charge is -2.09. The largest absolute Gasteiger partial charge is 0.507 e. The van der Waals surface area contributed by atoms with Gasteiger partial charge in [-0.05, 0) is 13.0 Å². The molecule has 2 rings (SSSR count). The molecule has 1 heterocycles. The number of nitrogens with two attached hydrogens (primary N) is 2. The summed E-state index contributed by atoms with van der Waals surface area (Å²) >= 11 is 0. The maximum Gasteiger partial charge on any atom is 0.273 e. The van der Waals surface area contributed by atoms with Crippen molar-refractivity contribution in [2.45, 2.75) is 6.92 Å². The van der Waals surface area contributed by atoms with Gasteiger partial charge in [0.15, 0.2) is 0 Å². The molecule has 0 spiro atoms. The Kier molecular flexibility index (Phi) is 3.29. The lowest BCUT2D eigenvalue weighted by molar-refractivity contribution is -0.385. The fraction of sp³-hybridized carbons (Fsp3) is 0.0833. The number of hydrogen-bond donors (Lipinski definition) is 3. The lowest BCUT2D eigenvalue weighted by atomic mass is 10.0. The van der Waals surface area contributed by atoms with Gasteiger partial charge in [-0.15, -0.1) is 0 Å². The fourth-order valence-corrected chi connectivity index (χ4v) is 1.87. The number of nitrogen functional groups attached to an aromatic ring is 2. The summed E-state index contributed by atoms with van der Waals surface area (Å²) in [6.07, 6.45) is 0. The number of benzene rings is 1. The Morgan fingerprint density at radius 3 is 2.62 bits per heavy atom. The molecule has 0 aliphatic rings. The van der Waals surface area contributed by atoms with E-state index in [1.165, 1.54) is 13.0 Å². The van der Waals surface area contributed by atoms with Gasteiger partial charge in [-0.2, -0.15) is 10.2 Å². The van der Waals surface area contributed by atoms with Crippen molar-refractivity contribution in [3.8, 4) is 23.1 Å². The van der Waals surface area contributed by atoms with Crippen molar-refractivity contribution in [1.82, 2.24) is 9.97 Å². The van der Waals surface area contributed by atoms with E-state index in [4.69, 9.17) is 16.7 Å². The van der Waals surface area contributed by atoms with Gasteiger partial charge < -0.3 is 16.6 Å². The summed E-state index contributed by atoms with van der Waals surface area (Å²) < 4.78 is 0. The predicted octanol–water partition coefficient (Wildman–Crippen LogP) is 1.10. The molecular weight excluding hydrogens is 276 g/mol. The summed E-state index contributed by atoms with van der Waals surface area (Å²) in [5.74, 6) is -0.640. The van der Waals surface area contributed by atoms with E-state index in [9.17, 15) is 15.2 Å². The molecule has 106 valence electrons. The van der Waals surface area contributed by atoms with Gasteiger partial charge in [0.1, 0.15) is 23.2 Å². The van der Waals surface area contributed by atoms with E-state index < -0.39 is 4.92 Å². The van der Waals surface area contributed by atoms with Crippen LogP contribution < -0.4 is 11.5 Å². The van der Waals surface area contributed by atoms with E-state index in [1.54, 1.807) is 6.07 Å². The van der Waals surface area contributed by atoms with E-state index in [0.717, 1.165) is 6.07 Å². The third kappa shape index (κ3) is 2.37. The number of nitro groups is 1. The van der Waals surface area contributed by atoms with Gasteiger partial charge in [-0.25, -0.2) is 4.98 Å². The number of anilines is 2. The maximum atomic E-state index is 11.0. The quantitative estimate of drug-likeness (QED) is 0.545. The first kappa shape index (κ1) is 14.0. The molecule has 0 atom stereocenters. The molecule has 0 saturated carbocycles. The zero-order valence-corrected chi connectivity index (χ0v) is 10.9. The van der Waals surface area contributed by atoms with Crippen LogP contribution in [0.4, 0.5) is 17.5 Å². The maximum absolute atomic E-state index is 11.0. The van der Waals surface area contributed by atoms with Crippen molar-refractivity contribution in [2.24, 2.45) is 0 Å². The van der Waals surface area contributed by atoms with Crippen LogP contribution in [0.15, 0.2) is 12.1 Å². The Hall–Kier alpha value is -3.41. The summed E-state index contributed by atoms with van der Waals surface area (Å²) in [6, 6.07) is 4.12. The predicted molar refractivity (Wildman–Crippen MR) is 74.1 cm³/mol. The average molecular weight is 286 g/mol. The lowest BCUT2D eigenvalue weighted by Crippen LogP contribution is -2.05. The van der Waals surface area contributed by atoms with Gasteiger partial charge >= 0.3 is 0 Å². The number of aryl methyl sites for hydroxylation is 1. The zero-order chi connectivity index (χ0) is 15.7. The van der Waals surface area contributed by atoms with Gasteiger partial charge in [-0.1, -0.05) is 0 Å². The van der Waals surface area contributed by atoms with Crippen molar-refractivity contribution < 1.29 is 10.0 Å². The fourth-order valence-electron chi connectivity index (χ4n) is 1.87. The highest BCUT2D eigenvalue weighted by Crippen LogP contribution is 2.36. The molecule has 0 aliphatic heterocycles. The second-order valence-electron chi connectivity index (χ2n) is 4.22. The summed E-state index contributed by atoms with van der Waals surface area (Å²) in [5.41, 5.74) is 10.9. The van der Waals surface area contributed by atoms with Crippen molar-refractivity contribution >= 4 is 17.5 Å². The minimum Gasteiger partial charge on any atom is -0.507 e. The Morgan fingerprint density at radius 1 is 1.38 bits per heavy atom. The zero-order valence-electron chi connectivity index (χ0n) is 10.9. The summed E-state index contributed by atoms with van der Waals surface area (Å²) in [4.78, 5) is 17.9. The van der Waals surface area contributed by atoms with Crippen LogP contribution in [0.2, 0.25) is 0 Å². The van der Waals surface area contributed by atoms with Gasteiger partial charge in [0.05, 0.1) is 16.2 Å². The van der Waals surface area contributed by atoms with Crippen LogP contribution in [0.5, 0.6) is 5.75 Å². The third-order valence-electron chi connectivity index (χ3n) is 2.83. The molecule has 0 aliphatic carbocycles. The molecule has 21 heavy (non-hydrogen) atoms. The molecule has 9 heteroatoms. The van der Waals surface area contributed by atoms with Crippen LogP contribution in [0.1, 0.15) is 11.1 Å². The first-order valence-electron chi connectivity index (χ1n) is 5.66. The van der Waals surface area contributed by atoms with Gasteiger partial charge in [0, 0.05) is 11.6 Å². The molecule has 2 aromatic rings. The number of nitro benzene ring substituents is 1. The number of nitriles is 1. The first-order valence-corrected chi connectivity index (χ1v) is 5.66. The summed E-state index contributed by atoms with van der Waals surface area (Å²) in [5, 5.41) is 30.1. The SMILES string of the molecule is Cc1cc(O)c(-c2nc(N)nc(N)c2C#N)cc1[N+](=O)[O-]. The number of nitrogens with zero attached hydrogens (tertiary/aromatic N) is 4. The van der Waals surface area contributed by atoms with Crippen LogP contribution in [0.25, 0.3) is 11.3 Å². The third-order valence-corrected chi connectivity index (χ3v) is 2.83. The second-order valence-corrected chi connectivity index (χ2v) is 4.22. The Bertz CT molecular complexity index is 797. The average Bonchev–Trinajstić information content (AvgIpc) is 2.37. The minimum atomic E-state index is -0.599. The van der Waals surface area contributed by atoms with E-state index in [1.807, 2.05) is 0 Å². The van der Waals surface area contributed by atoms with Crippen LogP contribution in [-0.4, -0.2) is 20.0 Å². The van der Waals surface area contributed by atoms with Gasteiger partial charge in [0.2, 0.25) is 5.95 Å². The van der Waals surface area contributed by atoms with E-state index in [-0.39, 0.29) is 45.6 Å². The molecule has 9 nitrogen and oxygen atoms in total. The van der Waals surface area contributed by atoms with Crippen LogP contribution >= 0.6 is 0 Å². The molecule has 0 amide bonds. The second kappa shape index (κ2) is 4.93. The highest BCUT2D eigenvalue weighted by molar-refractivity contribution is 5.79. The summed E-state index contributed by atoms with van der Waals surface area (Å²) in [6.45, 7) is 1.48. The normalized spacial score (nSPS) is 10.1. The molecular formula is C12H10N6O3. The van der Waals surface area contributed by atoms with Crippen LogP contribution in [0, 0.1) is 28.4 Å². The highest BCUT2D eigenvalue weighted by Gasteiger charge is 2.21. The number of phenolic OH excluding ortho intramolecular Hbond substituents is 1.